The van der Waals surface area contributed by atoms with Crippen LogP contribution in [0.2, 0.25) is 0 Å². The molecule has 0 unspecified atom stereocenters. The molecule has 1 aliphatic carbocycles. The average Bonchev–Trinajstić information content (AvgIpc) is 2.24. The summed E-state index contributed by atoms with van der Waals surface area (Å²) in [4.78, 5) is 4.04. The van der Waals surface area contributed by atoms with Crippen molar-refractivity contribution in [1.29, 1.82) is 0 Å². The Balaban J connectivity index is 2.03. The molecular weight excluding hydrogens is 259 g/mol. The highest BCUT2D eigenvalue weighted by Crippen LogP contribution is 2.23. The quantitative estimate of drug-likeness (QED) is 0.888. The Labute approximate surface area is 97.4 Å². The Bertz CT molecular complexity index is 337. The van der Waals surface area contributed by atoms with Crippen LogP contribution in [0.5, 0.6) is 0 Å². The molecule has 0 spiro atoms. The molecule has 0 saturated heterocycles. The normalized spacial score (nSPS) is 17.7. The molecule has 0 aliphatic heterocycles. The van der Waals surface area contributed by atoms with Crippen LogP contribution >= 0.6 is 15.9 Å². The van der Waals surface area contributed by atoms with Crippen LogP contribution in [0.15, 0.2) is 16.7 Å². The largest absolute Gasteiger partial charge is 0.365 e. The van der Waals surface area contributed by atoms with Gasteiger partial charge in [-0.15, -0.1) is 0 Å². The van der Waals surface area contributed by atoms with Crippen molar-refractivity contribution in [2.24, 2.45) is 0 Å². The molecule has 82 valence electrons. The van der Waals surface area contributed by atoms with Gasteiger partial charge in [-0.2, -0.15) is 0 Å². The third-order valence-corrected chi connectivity index (χ3v) is 3.19. The van der Waals surface area contributed by atoms with Gasteiger partial charge in [-0.05, 0) is 34.8 Å². The van der Waals surface area contributed by atoms with Gasteiger partial charge in [-0.1, -0.05) is 19.3 Å². The lowest BCUT2D eigenvalue weighted by Crippen LogP contribution is -2.23. The number of pyridine rings is 1. The van der Waals surface area contributed by atoms with E-state index in [2.05, 4.69) is 26.2 Å². The van der Waals surface area contributed by atoms with Crippen LogP contribution in [0.1, 0.15) is 32.1 Å². The van der Waals surface area contributed by atoms with Crippen molar-refractivity contribution in [2.75, 3.05) is 5.32 Å². The minimum Gasteiger partial charge on any atom is -0.365 e. The maximum absolute atomic E-state index is 13.5. The van der Waals surface area contributed by atoms with Crippen LogP contribution in [0, 0.1) is 5.82 Å². The summed E-state index contributed by atoms with van der Waals surface area (Å²) >= 11 is 3.19. The van der Waals surface area contributed by atoms with Crippen LogP contribution in [0.25, 0.3) is 0 Å². The third-order valence-electron chi connectivity index (χ3n) is 2.75. The first kappa shape index (κ1) is 10.9. The highest BCUT2D eigenvalue weighted by Gasteiger charge is 2.15. The summed E-state index contributed by atoms with van der Waals surface area (Å²) < 4.78 is 14.1. The van der Waals surface area contributed by atoms with Gasteiger partial charge in [0.2, 0.25) is 0 Å². The van der Waals surface area contributed by atoms with Crippen molar-refractivity contribution in [1.82, 2.24) is 4.98 Å². The molecule has 1 saturated carbocycles. The summed E-state index contributed by atoms with van der Waals surface area (Å²) in [7, 11) is 0. The van der Waals surface area contributed by atoms with Crippen LogP contribution in [-0.2, 0) is 0 Å². The van der Waals surface area contributed by atoms with Crippen molar-refractivity contribution >= 4 is 21.7 Å². The maximum Gasteiger partial charge on any atom is 0.166 e. The molecular formula is C11H14BrFN2. The molecule has 4 heteroatoms. The Hall–Kier alpha value is -0.640. The van der Waals surface area contributed by atoms with E-state index in [-0.39, 0.29) is 5.82 Å². The van der Waals surface area contributed by atoms with Gasteiger partial charge in [-0.25, -0.2) is 9.37 Å². The second-order valence-corrected chi connectivity index (χ2v) is 4.88. The minimum absolute atomic E-state index is 0.282. The smallest absolute Gasteiger partial charge is 0.166 e. The molecule has 1 fully saturated rings. The Morgan fingerprint density at radius 1 is 1.33 bits per heavy atom. The number of halogens is 2. The molecule has 15 heavy (non-hydrogen) atoms. The Morgan fingerprint density at radius 2 is 2.07 bits per heavy atom. The van der Waals surface area contributed by atoms with Crippen molar-refractivity contribution in [3.05, 3.63) is 22.6 Å². The van der Waals surface area contributed by atoms with E-state index in [4.69, 9.17) is 0 Å². The number of hydrogen-bond donors (Lipinski definition) is 1. The first-order chi connectivity index (χ1) is 7.25. The number of anilines is 1. The van der Waals surface area contributed by atoms with Crippen molar-refractivity contribution < 1.29 is 4.39 Å². The summed E-state index contributed by atoms with van der Waals surface area (Å²) in [5.74, 6) is 0.0973. The summed E-state index contributed by atoms with van der Waals surface area (Å²) in [6.45, 7) is 0. The van der Waals surface area contributed by atoms with Crippen LogP contribution < -0.4 is 5.32 Å². The molecule has 0 amide bonds. The monoisotopic (exact) mass is 272 g/mol. The summed E-state index contributed by atoms with van der Waals surface area (Å²) in [5, 5.41) is 3.17. The topological polar surface area (TPSA) is 24.9 Å². The predicted octanol–water partition coefficient (Wildman–Crippen LogP) is 3.73. The van der Waals surface area contributed by atoms with Gasteiger partial charge < -0.3 is 5.32 Å². The zero-order chi connectivity index (χ0) is 10.7. The first-order valence-electron chi connectivity index (χ1n) is 5.33. The van der Waals surface area contributed by atoms with E-state index >= 15 is 0 Å². The van der Waals surface area contributed by atoms with Gasteiger partial charge in [0.1, 0.15) is 0 Å². The SMILES string of the molecule is Fc1cc(Br)cnc1NC1CCCCC1. The third kappa shape index (κ3) is 2.91. The lowest BCUT2D eigenvalue weighted by atomic mass is 9.95. The summed E-state index contributed by atoms with van der Waals surface area (Å²) in [6, 6.07) is 1.83. The standard InChI is InChI=1S/C11H14BrFN2/c12-8-6-10(13)11(14-7-8)15-9-4-2-1-3-5-9/h6-7,9H,1-5H2,(H,14,15). The van der Waals surface area contributed by atoms with Crippen LogP contribution in [-0.4, -0.2) is 11.0 Å². The van der Waals surface area contributed by atoms with Gasteiger partial charge in [0.05, 0.1) is 0 Å². The minimum atomic E-state index is -0.282. The highest BCUT2D eigenvalue weighted by atomic mass is 79.9. The lowest BCUT2D eigenvalue weighted by Gasteiger charge is -2.23. The molecule has 1 N–H and O–H groups in total. The van der Waals surface area contributed by atoms with Gasteiger partial charge in [0, 0.05) is 16.7 Å². The van der Waals surface area contributed by atoms with E-state index in [9.17, 15) is 4.39 Å². The van der Waals surface area contributed by atoms with E-state index in [1.54, 1.807) is 6.20 Å². The van der Waals surface area contributed by atoms with E-state index in [0.717, 1.165) is 12.8 Å². The van der Waals surface area contributed by atoms with Gasteiger partial charge >= 0.3 is 0 Å². The van der Waals surface area contributed by atoms with E-state index in [1.807, 2.05) is 0 Å². The second kappa shape index (κ2) is 4.92. The number of rotatable bonds is 2. The number of nitrogens with zero attached hydrogens (tertiary/aromatic N) is 1. The molecule has 0 atom stereocenters. The number of nitrogens with one attached hydrogen (secondary N) is 1. The average molecular weight is 273 g/mol. The lowest BCUT2D eigenvalue weighted by molar-refractivity contribution is 0.459. The molecule has 0 aromatic carbocycles. The molecule has 2 nitrogen and oxygen atoms in total. The second-order valence-electron chi connectivity index (χ2n) is 3.96. The predicted molar refractivity (Wildman–Crippen MR) is 62.4 cm³/mol. The van der Waals surface area contributed by atoms with Crippen LogP contribution in [0.3, 0.4) is 0 Å². The van der Waals surface area contributed by atoms with Crippen LogP contribution in [0.4, 0.5) is 10.2 Å². The van der Waals surface area contributed by atoms with E-state index < -0.39 is 0 Å². The van der Waals surface area contributed by atoms with E-state index in [0.29, 0.717) is 16.3 Å². The number of hydrogen-bond acceptors (Lipinski definition) is 2. The van der Waals surface area contributed by atoms with E-state index in [1.165, 1.54) is 25.3 Å². The fourth-order valence-corrected chi connectivity index (χ4v) is 2.26. The summed E-state index contributed by atoms with van der Waals surface area (Å²) in [6.07, 6.45) is 7.63. The molecule has 0 bridgehead atoms. The van der Waals surface area contributed by atoms with Crippen molar-refractivity contribution in [2.45, 2.75) is 38.1 Å². The highest BCUT2D eigenvalue weighted by molar-refractivity contribution is 9.10. The van der Waals surface area contributed by atoms with Crippen molar-refractivity contribution in [3.8, 4) is 0 Å². The molecule has 1 aromatic heterocycles. The fraction of sp³-hybridized carbons (Fsp3) is 0.545. The van der Waals surface area contributed by atoms with Gasteiger partial charge in [0.15, 0.2) is 11.6 Å². The Morgan fingerprint density at radius 3 is 2.73 bits per heavy atom. The maximum atomic E-state index is 13.5. The molecule has 0 radical (unpaired) electrons. The zero-order valence-electron chi connectivity index (χ0n) is 8.47. The molecule has 1 aliphatic rings. The molecule has 1 heterocycles. The van der Waals surface area contributed by atoms with Crippen molar-refractivity contribution in [3.63, 3.8) is 0 Å². The first-order valence-corrected chi connectivity index (χ1v) is 6.12. The zero-order valence-corrected chi connectivity index (χ0v) is 10.1. The number of aromatic nitrogens is 1. The fourth-order valence-electron chi connectivity index (χ4n) is 1.96. The van der Waals surface area contributed by atoms with Gasteiger partial charge in [-0.3, -0.25) is 0 Å². The molecule has 1 aromatic rings. The Kier molecular flexibility index (Phi) is 3.57. The molecule has 2 rings (SSSR count). The van der Waals surface area contributed by atoms with Gasteiger partial charge in [0.25, 0.3) is 0 Å². The summed E-state index contributed by atoms with van der Waals surface area (Å²) in [5.41, 5.74) is 0.